The van der Waals surface area contributed by atoms with E-state index < -0.39 is 0 Å². The number of likely N-dealkylation sites (N-methyl/N-ethyl adjacent to an activating group) is 1. The third-order valence-electron chi connectivity index (χ3n) is 4.21. The molecule has 22 heavy (non-hydrogen) atoms. The number of hydrogen-bond acceptors (Lipinski definition) is 3. The Labute approximate surface area is 134 Å². The van der Waals surface area contributed by atoms with Crippen LogP contribution in [0.15, 0.2) is 29.6 Å². The van der Waals surface area contributed by atoms with Crippen LogP contribution in [0.25, 0.3) is 10.1 Å². The van der Waals surface area contributed by atoms with Crippen LogP contribution in [0, 0.1) is 5.92 Å². The molecule has 1 atom stereocenters. The number of benzene rings is 1. The number of aliphatic hydroxyl groups excluding tert-OH is 1. The monoisotopic (exact) mass is 318 g/mol. The van der Waals surface area contributed by atoms with Gasteiger partial charge in [0.25, 0.3) is 0 Å². The van der Waals surface area contributed by atoms with Gasteiger partial charge in [0.05, 0.1) is 6.10 Å². The summed E-state index contributed by atoms with van der Waals surface area (Å²) < 4.78 is 1.29. The topological polar surface area (TPSA) is 52.6 Å². The molecule has 1 fully saturated rings. The molecule has 0 unspecified atom stereocenters. The number of hydrogen-bond donors (Lipinski definition) is 2. The molecule has 4 nitrogen and oxygen atoms in total. The molecule has 1 aliphatic rings. The van der Waals surface area contributed by atoms with Crippen LogP contribution in [-0.2, 0) is 6.42 Å². The van der Waals surface area contributed by atoms with Gasteiger partial charge in [0.1, 0.15) is 0 Å². The molecule has 1 saturated carbocycles. The molecule has 0 aliphatic heterocycles. The first-order valence-electron chi connectivity index (χ1n) is 7.77. The summed E-state index contributed by atoms with van der Waals surface area (Å²) in [5.41, 5.74) is 1.28. The van der Waals surface area contributed by atoms with E-state index in [0.29, 0.717) is 19.0 Å². The van der Waals surface area contributed by atoms with Crippen LogP contribution >= 0.6 is 11.3 Å². The molecule has 0 bridgehead atoms. The van der Waals surface area contributed by atoms with Crippen molar-refractivity contribution in [3.05, 3.63) is 35.2 Å². The van der Waals surface area contributed by atoms with E-state index in [1.54, 1.807) is 23.3 Å². The molecule has 3 rings (SSSR count). The fourth-order valence-corrected chi connectivity index (χ4v) is 3.66. The number of rotatable bonds is 6. The summed E-state index contributed by atoms with van der Waals surface area (Å²) in [5, 5.41) is 16.3. The van der Waals surface area contributed by atoms with Crippen molar-refractivity contribution in [2.75, 3.05) is 20.1 Å². The first-order chi connectivity index (χ1) is 10.6. The molecule has 0 radical (unpaired) electrons. The Balaban J connectivity index is 1.46. The predicted molar refractivity (Wildman–Crippen MR) is 90.3 cm³/mol. The lowest BCUT2D eigenvalue weighted by Gasteiger charge is -2.21. The van der Waals surface area contributed by atoms with E-state index in [4.69, 9.17) is 0 Å². The van der Waals surface area contributed by atoms with Gasteiger partial charge in [-0.1, -0.05) is 18.2 Å². The lowest BCUT2D eigenvalue weighted by molar-refractivity contribution is 0.113. The van der Waals surface area contributed by atoms with Gasteiger partial charge in [-0.05, 0) is 47.6 Å². The van der Waals surface area contributed by atoms with Gasteiger partial charge in [-0.2, -0.15) is 0 Å². The zero-order valence-electron chi connectivity index (χ0n) is 12.8. The van der Waals surface area contributed by atoms with Gasteiger partial charge in [0.2, 0.25) is 0 Å². The fourth-order valence-electron chi connectivity index (χ4n) is 2.66. The standard InChI is InChI=1S/C17H22N2O2S/c1-19(10-15(20)12-6-7-12)17(21)18-9-8-13-11-22-16-5-3-2-4-14(13)16/h2-5,11-12,15,20H,6-10H2,1H3,(H,18,21)/t15-/m1/s1. The zero-order chi connectivity index (χ0) is 15.5. The molecular formula is C17H22N2O2S. The van der Waals surface area contributed by atoms with Crippen molar-refractivity contribution < 1.29 is 9.90 Å². The van der Waals surface area contributed by atoms with E-state index in [1.807, 2.05) is 12.1 Å². The summed E-state index contributed by atoms with van der Waals surface area (Å²) in [6.07, 6.45) is 2.62. The van der Waals surface area contributed by atoms with Crippen LogP contribution in [0.2, 0.25) is 0 Å². The van der Waals surface area contributed by atoms with Crippen LogP contribution in [0.4, 0.5) is 4.79 Å². The van der Waals surface area contributed by atoms with Gasteiger partial charge in [0.15, 0.2) is 0 Å². The highest BCUT2D eigenvalue weighted by Gasteiger charge is 2.31. The third-order valence-corrected chi connectivity index (χ3v) is 5.22. The maximum absolute atomic E-state index is 12.0. The number of nitrogens with zero attached hydrogens (tertiary/aromatic N) is 1. The Bertz CT molecular complexity index is 651. The van der Waals surface area contributed by atoms with Crippen molar-refractivity contribution in [2.45, 2.75) is 25.4 Å². The van der Waals surface area contributed by atoms with Gasteiger partial charge in [-0.15, -0.1) is 11.3 Å². The minimum atomic E-state index is -0.378. The molecule has 0 saturated heterocycles. The van der Waals surface area contributed by atoms with E-state index in [2.05, 4.69) is 22.8 Å². The van der Waals surface area contributed by atoms with E-state index in [0.717, 1.165) is 19.3 Å². The van der Waals surface area contributed by atoms with E-state index >= 15 is 0 Å². The second-order valence-corrected chi connectivity index (χ2v) is 6.94. The highest BCUT2D eigenvalue weighted by atomic mass is 32.1. The normalized spacial score (nSPS) is 15.7. The minimum Gasteiger partial charge on any atom is -0.391 e. The summed E-state index contributed by atoms with van der Waals surface area (Å²) in [6.45, 7) is 1.03. The predicted octanol–water partition coefficient (Wildman–Crippen LogP) is 2.86. The fraction of sp³-hybridized carbons (Fsp3) is 0.471. The second-order valence-electron chi connectivity index (χ2n) is 6.02. The summed E-state index contributed by atoms with van der Waals surface area (Å²) in [6, 6.07) is 8.23. The number of thiophene rings is 1. The first-order valence-corrected chi connectivity index (χ1v) is 8.65. The summed E-state index contributed by atoms with van der Waals surface area (Å²) >= 11 is 1.74. The molecule has 1 aliphatic carbocycles. The molecule has 1 aromatic carbocycles. The molecule has 2 N–H and O–H groups in total. The second kappa shape index (κ2) is 6.67. The Kier molecular flexibility index (Phi) is 4.64. The quantitative estimate of drug-likeness (QED) is 0.860. The Hall–Kier alpha value is -1.59. The summed E-state index contributed by atoms with van der Waals surface area (Å²) in [7, 11) is 1.74. The van der Waals surface area contributed by atoms with Crippen LogP contribution in [-0.4, -0.2) is 42.3 Å². The van der Waals surface area contributed by atoms with E-state index in [-0.39, 0.29) is 12.1 Å². The van der Waals surface area contributed by atoms with Crippen molar-refractivity contribution in [3.63, 3.8) is 0 Å². The van der Waals surface area contributed by atoms with Crippen LogP contribution in [0.5, 0.6) is 0 Å². The van der Waals surface area contributed by atoms with Gasteiger partial charge >= 0.3 is 6.03 Å². The van der Waals surface area contributed by atoms with Crippen molar-refractivity contribution in [3.8, 4) is 0 Å². The van der Waals surface area contributed by atoms with Gasteiger partial charge < -0.3 is 15.3 Å². The Morgan fingerprint density at radius 3 is 3.00 bits per heavy atom. The van der Waals surface area contributed by atoms with Crippen molar-refractivity contribution in [2.24, 2.45) is 5.92 Å². The summed E-state index contributed by atoms with van der Waals surface area (Å²) in [5.74, 6) is 0.396. The first kappa shape index (κ1) is 15.3. The van der Waals surface area contributed by atoms with Crippen molar-refractivity contribution in [1.82, 2.24) is 10.2 Å². The molecule has 1 heterocycles. The molecule has 5 heteroatoms. The highest BCUT2D eigenvalue weighted by Crippen LogP contribution is 2.32. The van der Waals surface area contributed by atoms with Crippen molar-refractivity contribution in [1.29, 1.82) is 0 Å². The maximum Gasteiger partial charge on any atom is 0.317 e. The number of carbonyl (C=O) groups is 1. The largest absolute Gasteiger partial charge is 0.391 e. The third kappa shape index (κ3) is 3.59. The van der Waals surface area contributed by atoms with Gasteiger partial charge in [-0.3, -0.25) is 0 Å². The molecule has 2 amide bonds. The lowest BCUT2D eigenvalue weighted by Crippen LogP contribution is -2.42. The van der Waals surface area contributed by atoms with Gasteiger partial charge in [-0.25, -0.2) is 4.79 Å². The number of nitrogens with one attached hydrogen (secondary N) is 1. The number of aliphatic hydroxyl groups is 1. The molecule has 1 aromatic heterocycles. The Morgan fingerprint density at radius 1 is 1.45 bits per heavy atom. The number of fused-ring (bicyclic) bond motifs is 1. The average Bonchev–Trinajstić information content (AvgIpc) is 3.29. The minimum absolute atomic E-state index is 0.112. The smallest absolute Gasteiger partial charge is 0.317 e. The van der Waals surface area contributed by atoms with E-state index in [9.17, 15) is 9.90 Å². The lowest BCUT2D eigenvalue weighted by atomic mass is 10.1. The van der Waals surface area contributed by atoms with Crippen molar-refractivity contribution >= 4 is 27.5 Å². The highest BCUT2D eigenvalue weighted by molar-refractivity contribution is 7.17. The average molecular weight is 318 g/mol. The van der Waals surface area contributed by atoms with Gasteiger partial charge in [0, 0.05) is 24.8 Å². The Morgan fingerprint density at radius 2 is 2.23 bits per heavy atom. The number of carbonyl (C=O) groups excluding carboxylic acids is 1. The van der Waals surface area contributed by atoms with Crippen LogP contribution < -0.4 is 5.32 Å². The maximum atomic E-state index is 12.0. The number of urea groups is 1. The van der Waals surface area contributed by atoms with Crippen LogP contribution in [0.1, 0.15) is 18.4 Å². The summed E-state index contributed by atoms with van der Waals surface area (Å²) in [4.78, 5) is 13.6. The van der Waals surface area contributed by atoms with E-state index in [1.165, 1.54) is 15.6 Å². The van der Waals surface area contributed by atoms with Crippen LogP contribution in [0.3, 0.4) is 0 Å². The SMILES string of the molecule is CN(C[C@@H](O)C1CC1)C(=O)NCCc1csc2ccccc12. The molecular weight excluding hydrogens is 296 g/mol. The molecule has 118 valence electrons. The molecule has 0 spiro atoms. The number of amides is 2. The molecule has 2 aromatic rings. The zero-order valence-corrected chi connectivity index (χ0v) is 13.6.